The first-order valence-electron chi connectivity index (χ1n) is 6.86. The highest BCUT2D eigenvalue weighted by Gasteiger charge is 2.59. The summed E-state index contributed by atoms with van der Waals surface area (Å²) in [5.41, 5.74) is 3.54. The number of hydrogen-bond acceptors (Lipinski definition) is 3. The van der Waals surface area contributed by atoms with Crippen LogP contribution in [0.25, 0.3) is 0 Å². The van der Waals surface area contributed by atoms with Gasteiger partial charge in [-0.2, -0.15) is 0 Å². The Balaban J connectivity index is 1.84. The molecule has 1 aromatic carbocycles. The summed E-state index contributed by atoms with van der Waals surface area (Å²) < 4.78 is 0. The number of carbonyl (C=O) groups excluding carboxylic acids is 3. The lowest BCUT2D eigenvalue weighted by molar-refractivity contribution is -0.140. The lowest BCUT2D eigenvalue weighted by Crippen LogP contribution is -2.37. The lowest BCUT2D eigenvalue weighted by Gasteiger charge is -2.17. The Morgan fingerprint density at radius 2 is 1.60 bits per heavy atom. The molecule has 3 rings (SSSR count). The van der Waals surface area contributed by atoms with Gasteiger partial charge in [-0.25, -0.2) is 0 Å². The van der Waals surface area contributed by atoms with Crippen LogP contribution in [0.4, 0.5) is 0 Å². The van der Waals surface area contributed by atoms with E-state index in [0.717, 1.165) is 21.6 Å². The number of nitrogens with zero attached hydrogens (tertiary/aromatic N) is 1. The van der Waals surface area contributed by atoms with E-state index in [1.807, 2.05) is 32.9 Å². The number of amides is 2. The molecule has 4 nitrogen and oxygen atoms in total. The van der Waals surface area contributed by atoms with Gasteiger partial charge in [-0.05, 0) is 38.3 Å². The molecule has 2 amide bonds. The Hall–Kier alpha value is -1.97. The zero-order valence-electron chi connectivity index (χ0n) is 11.9. The number of imide groups is 1. The van der Waals surface area contributed by atoms with Crippen LogP contribution >= 0.6 is 0 Å². The smallest absolute Gasteiger partial charge is 0.233 e. The number of rotatable bonds is 3. The first-order chi connectivity index (χ1) is 9.40. The van der Waals surface area contributed by atoms with Crippen molar-refractivity contribution in [2.45, 2.75) is 27.2 Å². The van der Waals surface area contributed by atoms with E-state index in [-0.39, 0.29) is 36.0 Å². The van der Waals surface area contributed by atoms with Crippen molar-refractivity contribution in [2.75, 3.05) is 6.54 Å². The fraction of sp³-hybridized carbons (Fsp3) is 0.438. The van der Waals surface area contributed by atoms with E-state index in [1.165, 1.54) is 0 Å². The lowest BCUT2D eigenvalue weighted by atomic mass is 9.96. The number of benzene rings is 1. The van der Waals surface area contributed by atoms with Crippen molar-refractivity contribution in [1.29, 1.82) is 0 Å². The van der Waals surface area contributed by atoms with Gasteiger partial charge in [-0.1, -0.05) is 17.7 Å². The topological polar surface area (TPSA) is 54.5 Å². The third-order valence-corrected chi connectivity index (χ3v) is 4.21. The molecular weight excluding hydrogens is 254 g/mol. The van der Waals surface area contributed by atoms with E-state index in [4.69, 9.17) is 0 Å². The molecule has 4 heteroatoms. The summed E-state index contributed by atoms with van der Waals surface area (Å²) in [6.45, 7) is 5.64. The summed E-state index contributed by atoms with van der Waals surface area (Å²) in [5, 5.41) is 0. The van der Waals surface area contributed by atoms with Gasteiger partial charge in [0.15, 0.2) is 5.78 Å². The molecular formula is C16H17NO3. The Bertz CT molecular complexity index is 604. The van der Waals surface area contributed by atoms with Gasteiger partial charge in [0.1, 0.15) is 0 Å². The van der Waals surface area contributed by atoms with Crippen LogP contribution in [0.15, 0.2) is 12.1 Å². The molecule has 1 saturated heterocycles. The van der Waals surface area contributed by atoms with Crippen LogP contribution in [-0.2, 0) is 9.59 Å². The van der Waals surface area contributed by atoms with Gasteiger partial charge in [0.25, 0.3) is 0 Å². The van der Waals surface area contributed by atoms with Gasteiger partial charge in [0.2, 0.25) is 11.8 Å². The minimum absolute atomic E-state index is 0.116. The molecule has 1 aromatic rings. The number of piperidine rings is 1. The van der Waals surface area contributed by atoms with Crippen LogP contribution in [0.1, 0.15) is 33.5 Å². The first-order valence-corrected chi connectivity index (χ1v) is 6.86. The molecule has 1 aliphatic carbocycles. The number of likely N-dealkylation sites (tertiary alicyclic amines) is 1. The molecule has 0 aromatic heterocycles. The maximum Gasteiger partial charge on any atom is 0.233 e. The highest BCUT2D eigenvalue weighted by Crippen LogP contribution is 2.46. The standard InChI is InChI=1S/C16H17NO3/c1-8-4-9(2)14(10(3)5-8)13(18)7-17-15(19)11-6-12(11)16(17)20/h4-5,11-12H,6-7H2,1-3H3. The third kappa shape index (κ3) is 1.87. The summed E-state index contributed by atoms with van der Waals surface area (Å²) in [5.74, 6) is -0.777. The summed E-state index contributed by atoms with van der Waals surface area (Å²) >= 11 is 0. The van der Waals surface area contributed by atoms with E-state index in [1.54, 1.807) is 0 Å². The summed E-state index contributed by atoms with van der Waals surface area (Å²) in [6.07, 6.45) is 0.672. The predicted octanol–water partition coefficient (Wildman–Crippen LogP) is 1.80. The molecule has 1 heterocycles. The van der Waals surface area contributed by atoms with Crippen LogP contribution in [0.2, 0.25) is 0 Å². The SMILES string of the molecule is Cc1cc(C)c(C(=O)CN2C(=O)C3CC3C2=O)c(C)c1. The molecule has 2 fully saturated rings. The number of aryl methyl sites for hydroxylation is 3. The second-order valence-corrected chi connectivity index (χ2v) is 5.91. The summed E-state index contributed by atoms with van der Waals surface area (Å²) in [6, 6.07) is 3.90. The van der Waals surface area contributed by atoms with Gasteiger partial charge in [0, 0.05) is 5.56 Å². The zero-order valence-corrected chi connectivity index (χ0v) is 11.9. The van der Waals surface area contributed by atoms with E-state index >= 15 is 0 Å². The number of ketones is 1. The van der Waals surface area contributed by atoms with Crippen molar-refractivity contribution in [3.8, 4) is 0 Å². The number of carbonyl (C=O) groups is 3. The van der Waals surface area contributed by atoms with E-state index in [9.17, 15) is 14.4 Å². The van der Waals surface area contributed by atoms with Gasteiger partial charge >= 0.3 is 0 Å². The number of fused-ring (bicyclic) bond motifs is 1. The molecule has 104 valence electrons. The molecule has 2 aliphatic rings. The van der Waals surface area contributed by atoms with Crippen molar-refractivity contribution in [3.05, 3.63) is 34.4 Å². The minimum Gasteiger partial charge on any atom is -0.292 e. The van der Waals surface area contributed by atoms with Crippen LogP contribution in [0.5, 0.6) is 0 Å². The van der Waals surface area contributed by atoms with Crippen LogP contribution in [-0.4, -0.2) is 29.0 Å². The maximum atomic E-state index is 12.4. The molecule has 2 atom stereocenters. The average Bonchev–Trinajstić information content (AvgIpc) is 3.08. The monoisotopic (exact) mass is 271 g/mol. The van der Waals surface area contributed by atoms with Crippen LogP contribution in [0, 0.1) is 32.6 Å². The van der Waals surface area contributed by atoms with Crippen LogP contribution < -0.4 is 0 Å². The first kappa shape index (κ1) is 13.0. The molecule has 1 aliphatic heterocycles. The van der Waals surface area contributed by atoms with E-state index in [2.05, 4.69) is 0 Å². The van der Waals surface area contributed by atoms with E-state index < -0.39 is 0 Å². The van der Waals surface area contributed by atoms with Gasteiger partial charge in [0.05, 0.1) is 18.4 Å². The normalized spacial score (nSPS) is 24.1. The fourth-order valence-electron chi connectivity index (χ4n) is 3.25. The molecule has 0 bridgehead atoms. The Morgan fingerprint density at radius 3 is 2.10 bits per heavy atom. The summed E-state index contributed by atoms with van der Waals surface area (Å²) in [4.78, 5) is 37.4. The molecule has 0 N–H and O–H groups in total. The zero-order chi connectivity index (χ0) is 14.6. The highest BCUT2D eigenvalue weighted by atomic mass is 16.2. The maximum absolute atomic E-state index is 12.4. The van der Waals surface area contributed by atoms with Crippen molar-refractivity contribution in [2.24, 2.45) is 11.8 Å². The van der Waals surface area contributed by atoms with Gasteiger partial charge < -0.3 is 0 Å². The third-order valence-electron chi connectivity index (χ3n) is 4.21. The van der Waals surface area contributed by atoms with Gasteiger partial charge in [-0.15, -0.1) is 0 Å². The Morgan fingerprint density at radius 1 is 1.10 bits per heavy atom. The number of hydrogen-bond donors (Lipinski definition) is 0. The summed E-state index contributed by atoms with van der Waals surface area (Å²) in [7, 11) is 0. The van der Waals surface area contributed by atoms with Crippen molar-refractivity contribution in [1.82, 2.24) is 4.90 Å². The molecule has 0 radical (unpaired) electrons. The van der Waals surface area contributed by atoms with Crippen molar-refractivity contribution < 1.29 is 14.4 Å². The van der Waals surface area contributed by atoms with Gasteiger partial charge in [-0.3, -0.25) is 19.3 Å². The predicted molar refractivity (Wildman–Crippen MR) is 73.3 cm³/mol. The second-order valence-electron chi connectivity index (χ2n) is 5.91. The molecule has 1 saturated carbocycles. The van der Waals surface area contributed by atoms with Crippen molar-refractivity contribution >= 4 is 17.6 Å². The quantitative estimate of drug-likeness (QED) is 0.622. The Kier molecular flexibility index (Phi) is 2.78. The molecule has 2 unspecified atom stereocenters. The average molecular weight is 271 g/mol. The molecule has 0 spiro atoms. The fourth-order valence-corrected chi connectivity index (χ4v) is 3.25. The highest BCUT2D eigenvalue weighted by molar-refractivity contribution is 6.12. The van der Waals surface area contributed by atoms with E-state index in [0.29, 0.717) is 12.0 Å². The van der Waals surface area contributed by atoms with Crippen molar-refractivity contribution in [3.63, 3.8) is 0 Å². The van der Waals surface area contributed by atoms with Crippen LogP contribution in [0.3, 0.4) is 0 Å². The Labute approximate surface area is 117 Å². The largest absolute Gasteiger partial charge is 0.292 e. The second kappa shape index (κ2) is 4.27. The minimum atomic E-state index is -0.171. The number of Topliss-reactive ketones (excluding diaryl/α,β-unsaturated/α-hetero) is 1. The molecule has 20 heavy (non-hydrogen) atoms.